The van der Waals surface area contributed by atoms with E-state index in [9.17, 15) is 13.5 Å². The summed E-state index contributed by atoms with van der Waals surface area (Å²) in [6, 6.07) is 0. The second-order valence-corrected chi connectivity index (χ2v) is 6.40. The van der Waals surface area contributed by atoms with Gasteiger partial charge in [0.25, 0.3) is 0 Å². The predicted molar refractivity (Wildman–Crippen MR) is 66.2 cm³/mol. The normalized spacial score (nSPS) is 26.0. The summed E-state index contributed by atoms with van der Waals surface area (Å²) in [6.45, 7) is 2.92. The second kappa shape index (κ2) is 7.31. The Morgan fingerprint density at radius 3 is 2.71 bits per heavy atom. The van der Waals surface area contributed by atoms with Crippen LogP contribution >= 0.6 is 0 Å². The zero-order chi connectivity index (χ0) is 12.7. The highest BCUT2D eigenvalue weighted by atomic mass is 32.2. The number of hydrogen-bond acceptors (Lipinski definition) is 4. The molecule has 0 aromatic rings. The maximum atomic E-state index is 11.6. The third kappa shape index (κ3) is 5.81. The van der Waals surface area contributed by atoms with Crippen molar-refractivity contribution in [3.63, 3.8) is 0 Å². The maximum absolute atomic E-state index is 11.6. The van der Waals surface area contributed by atoms with Gasteiger partial charge in [-0.2, -0.15) is 0 Å². The van der Waals surface area contributed by atoms with Gasteiger partial charge in [-0.1, -0.05) is 12.8 Å². The first-order chi connectivity index (χ1) is 8.05. The van der Waals surface area contributed by atoms with Gasteiger partial charge in [0.05, 0.1) is 18.5 Å². The van der Waals surface area contributed by atoms with Crippen molar-refractivity contribution >= 4 is 10.0 Å². The van der Waals surface area contributed by atoms with Crippen LogP contribution in [0.1, 0.15) is 32.6 Å². The van der Waals surface area contributed by atoms with Gasteiger partial charge in [0.2, 0.25) is 10.0 Å². The van der Waals surface area contributed by atoms with Crippen LogP contribution in [-0.2, 0) is 14.8 Å². The van der Waals surface area contributed by atoms with E-state index in [1.807, 2.05) is 6.92 Å². The van der Waals surface area contributed by atoms with E-state index in [-0.39, 0.29) is 24.4 Å². The summed E-state index contributed by atoms with van der Waals surface area (Å²) in [6.07, 6.45) is 3.43. The Labute approximate surface area is 104 Å². The fourth-order valence-corrected chi connectivity index (χ4v) is 2.99. The molecule has 0 aliphatic heterocycles. The molecular formula is C11H23NO4S. The minimum atomic E-state index is -3.26. The molecule has 0 saturated heterocycles. The molecule has 2 unspecified atom stereocenters. The highest BCUT2D eigenvalue weighted by molar-refractivity contribution is 7.89. The first-order valence-corrected chi connectivity index (χ1v) is 7.93. The summed E-state index contributed by atoms with van der Waals surface area (Å²) in [5, 5.41) is 9.72. The Morgan fingerprint density at radius 1 is 1.35 bits per heavy atom. The molecule has 102 valence electrons. The summed E-state index contributed by atoms with van der Waals surface area (Å²) >= 11 is 0. The number of nitrogens with one attached hydrogen (secondary N) is 1. The predicted octanol–water partition coefficient (Wildman–Crippen LogP) is 0.493. The van der Waals surface area contributed by atoms with E-state index in [0.717, 1.165) is 25.7 Å². The molecule has 1 saturated carbocycles. The summed E-state index contributed by atoms with van der Waals surface area (Å²) < 4.78 is 30.7. The van der Waals surface area contributed by atoms with E-state index in [1.165, 1.54) is 0 Å². The van der Waals surface area contributed by atoms with Gasteiger partial charge >= 0.3 is 0 Å². The molecule has 2 atom stereocenters. The Hall–Kier alpha value is -0.170. The van der Waals surface area contributed by atoms with Crippen molar-refractivity contribution in [1.82, 2.24) is 4.72 Å². The van der Waals surface area contributed by atoms with E-state index < -0.39 is 10.0 Å². The van der Waals surface area contributed by atoms with Gasteiger partial charge in [0.15, 0.2) is 0 Å². The molecule has 1 rings (SSSR count). The molecule has 0 radical (unpaired) electrons. The van der Waals surface area contributed by atoms with Crippen molar-refractivity contribution in [2.24, 2.45) is 5.92 Å². The summed E-state index contributed by atoms with van der Waals surface area (Å²) in [7, 11) is -3.26. The smallest absolute Gasteiger partial charge is 0.213 e. The van der Waals surface area contributed by atoms with Crippen LogP contribution in [0.25, 0.3) is 0 Å². The zero-order valence-corrected chi connectivity index (χ0v) is 11.2. The van der Waals surface area contributed by atoms with Crippen LogP contribution in [0.15, 0.2) is 0 Å². The van der Waals surface area contributed by atoms with Crippen LogP contribution in [0.3, 0.4) is 0 Å². The van der Waals surface area contributed by atoms with Crippen LogP contribution in [0.2, 0.25) is 0 Å². The van der Waals surface area contributed by atoms with Crippen LogP contribution in [-0.4, -0.2) is 45.1 Å². The van der Waals surface area contributed by atoms with Crippen LogP contribution in [0.5, 0.6) is 0 Å². The molecule has 0 aromatic heterocycles. The van der Waals surface area contributed by atoms with Crippen LogP contribution < -0.4 is 4.72 Å². The first-order valence-electron chi connectivity index (χ1n) is 6.28. The lowest BCUT2D eigenvalue weighted by atomic mass is 9.87. The largest absolute Gasteiger partial charge is 0.393 e. The number of ether oxygens (including phenoxy) is 1. The number of rotatable bonds is 7. The van der Waals surface area contributed by atoms with E-state index in [0.29, 0.717) is 13.2 Å². The molecule has 0 amide bonds. The lowest BCUT2D eigenvalue weighted by molar-refractivity contribution is 0.0724. The zero-order valence-electron chi connectivity index (χ0n) is 10.4. The van der Waals surface area contributed by atoms with Crippen molar-refractivity contribution in [1.29, 1.82) is 0 Å². The van der Waals surface area contributed by atoms with Gasteiger partial charge in [0.1, 0.15) is 0 Å². The van der Waals surface area contributed by atoms with E-state index in [1.54, 1.807) is 0 Å². The summed E-state index contributed by atoms with van der Waals surface area (Å²) in [4.78, 5) is 0. The fourth-order valence-electron chi connectivity index (χ4n) is 2.05. The van der Waals surface area contributed by atoms with Gasteiger partial charge in [-0.05, 0) is 25.7 Å². The minimum Gasteiger partial charge on any atom is -0.393 e. The monoisotopic (exact) mass is 265 g/mol. The summed E-state index contributed by atoms with van der Waals surface area (Å²) in [5.74, 6) is 0.0505. The maximum Gasteiger partial charge on any atom is 0.213 e. The highest BCUT2D eigenvalue weighted by Gasteiger charge is 2.24. The molecule has 6 heteroatoms. The van der Waals surface area contributed by atoms with Gasteiger partial charge in [0, 0.05) is 13.2 Å². The molecular weight excluding hydrogens is 242 g/mol. The van der Waals surface area contributed by atoms with Gasteiger partial charge in [-0.25, -0.2) is 13.1 Å². The van der Waals surface area contributed by atoms with Gasteiger partial charge in [-0.15, -0.1) is 0 Å². The molecule has 1 aliphatic carbocycles. The molecule has 0 bridgehead atoms. The number of sulfonamides is 1. The first kappa shape index (κ1) is 14.9. The minimum absolute atomic E-state index is 0.0103. The third-order valence-electron chi connectivity index (χ3n) is 3.13. The molecule has 1 fully saturated rings. The van der Waals surface area contributed by atoms with Crippen molar-refractivity contribution in [2.45, 2.75) is 38.7 Å². The summed E-state index contributed by atoms with van der Waals surface area (Å²) in [5.41, 5.74) is 0. The molecule has 0 aromatic carbocycles. The Kier molecular flexibility index (Phi) is 6.40. The van der Waals surface area contributed by atoms with Gasteiger partial charge < -0.3 is 9.84 Å². The van der Waals surface area contributed by atoms with Crippen molar-refractivity contribution in [3.05, 3.63) is 0 Å². The quantitative estimate of drug-likeness (QED) is 0.657. The lowest BCUT2D eigenvalue weighted by Gasteiger charge is -2.27. The Balaban J connectivity index is 2.28. The number of hydrogen-bond donors (Lipinski definition) is 2. The second-order valence-electron chi connectivity index (χ2n) is 4.48. The van der Waals surface area contributed by atoms with Crippen molar-refractivity contribution in [2.75, 3.05) is 25.5 Å². The molecule has 5 nitrogen and oxygen atoms in total. The fraction of sp³-hybridized carbons (Fsp3) is 1.00. The molecule has 2 N–H and O–H groups in total. The van der Waals surface area contributed by atoms with Crippen molar-refractivity contribution < 1.29 is 18.3 Å². The van der Waals surface area contributed by atoms with Crippen molar-refractivity contribution in [3.8, 4) is 0 Å². The molecule has 1 aliphatic rings. The average molecular weight is 265 g/mol. The third-order valence-corrected chi connectivity index (χ3v) is 4.45. The van der Waals surface area contributed by atoms with E-state index in [4.69, 9.17) is 4.74 Å². The van der Waals surface area contributed by atoms with Crippen LogP contribution in [0.4, 0.5) is 0 Å². The highest BCUT2D eigenvalue weighted by Crippen LogP contribution is 2.23. The number of aliphatic hydroxyl groups is 1. The number of aliphatic hydroxyl groups excluding tert-OH is 1. The van der Waals surface area contributed by atoms with Crippen LogP contribution in [0, 0.1) is 5.92 Å². The average Bonchev–Trinajstić information content (AvgIpc) is 2.28. The Morgan fingerprint density at radius 2 is 2.06 bits per heavy atom. The van der Waals surface area contributed by atoms with E-state index in [2.05, 4.69) is 4.72 Å². The topological polar surface area (TPSA) is 75.6 Å². The molecule has 17 heavy (non-hydrogen) atoms. The lowest BCUT2D eigenvalue weighted by Crippen LogP contribution is -2.38. The standard InChI is InChI=1S/C11H23NO4S/c1-2-16-7-8-17(14,15)12-9-10-5-3-4-6-11(10)13/h10-13H,2-9H2,1H3. The van der Waals surface area contributed by atoms with Gasteiger partial charge in [-0.3, -0.25) is 0 Å². The SMILES string of the molecule is CCOCCS(=O)(=O)NCC1CCCCC1O. The Bertz CT molecular complexity index is 305. The molecule has 0 spiro atoms. The molecule has 0 heterocycles. The van der Waals surface area contributed by atoms with E-state index >= 15 is 0 Å².